The average molecular weight is 350 g/mol. The maximum absolute atomic E-state index is 4.75. The molecule has 9 heteroatoms. The second-order valence-corrected chi connectivity index (χ2v) is 6.95. The Bertz CT molecular complexity index is 1040. The third-order valence-electron chi connectivity index (χ3n) is 4.00. The van der Waals surface area contributed by atoms with Crippen LogP contribution in [0.3, 0.4) is 0 Å². The van der Waals surface area contributed by atoms with E-state index in [-0.39, 0.29) is 0 Å². The van der Waals surface area contributed by atoms with Crippen LogP contribution in [0.5, 0.6) is 0 Å². The van der Waals surface area contributed by atoms with Crippen LogP contribution in [0, 0.1) is 0 Å². The van der Waals surface area contributed by atoms with Gasteiger partial charge in [0.25, 0.3) is 0 Å². The fraction of sp³-hybridized carbons (Fsp3) is 0.125. The molecule has 0 atom stereocenters. The Morgan fingerprint density at radius 2 is 2.20 bits per heavy atom. The van der Waals surface area contributed by atoms with E-state index in [2.05, 4.69) is 32.1 Å². The number of anilines is 2. The number of aryl methyl sites for hydroxylation is 1. The van der Waals surface area contributed by atoms with Gasteiger partial charge in [0, 0.05) is 46.2 Å². The fourth-order valence-corrected chi connectivity index (χ4v) is 3.83. The molecule has 0 bridgehead atoms. The van der Waals surface area contributed by atoms with Crippen molar-refractivity contribution in [2.75, 3.05) is 10.4 Å². The Morgan fingerprint density at radius 1 is 1.24 bits per heavy atom. The fourth-order valence-electron chi connectivity index (χ4n) is 2.81. The first-order valence-electron chi connectivity index (χ1n) is 7.74. The number of nitrogens with zero attached hydrogens (tertiary/aromatic N) is 6. The summed E-state index contributed by atoms with van der Waals surface area (Å²) in [6.07, 6.45) is 9.17. The first-order chi connectivity index (χ1) is 12.3. The number of fused-ring (bicyclic) bond motifs is 2. The lowest BCUT2D eigenvalue weighted by molar-refractivity contribution is 0.723. The van der Waals surface area contributed by atoms with Crippen LogP contribution in [0.25, 0.3) is 21.3 Å². The molecule has 25 heavy (non-hydrogen) atoms. The molecule has 0 spiro atoms. The van der Waals surface area contributed by atoms with Crippen molar-refractivity contribution in [1.29, 1.82) is 0 Å². The number of hydrazine groups is 2. The minimum absolute atomic E-state index is 0.685. The van der Waals surface area contributed by atoms with Gasteiger partial charge in [-0.2, -0.15) is 5.10 Å². The van der Waals surface area contributed by atoms with Gasteiger partial charge in [0.05, 0.1) is 24.6 Å². The normalized spacial score (nSPS) is 13.2. The largest absolute Gasteiger partial charge is 0.285 e. The highest BCUT2D eigenvalue weighted by Gasteiger charge is 2.23. The van der Waals surface area contributed by atoms with Crippen molar-refractivity contribution in [3.63, 3.8) is 0 Å². The molecule has 5 rings (SSSR count). The Balaban J connectivity index is 1.47. The number of hydrogen-bond donors (Lipinski definition) is 2. The summed E-state index contributed by atoms with van der Waals surface area (Å²) in [5.74, 6) is 1.49. The van der Waals surface area contributed by atoms with Gasteiger partial charge < -0.3 is 0 Å². The lowest BCUT2D eigenvalue weighted by Gasteiger charge is -2.15. The van der Waals surface area contributed by atoms with Crippen LogP contribution in [0.15, 0.2) is 43.1 Å². The summed E-state index contributed by atoms with van der Waals surface area (Å²) < 4.78 is 2.98. The molecule has 124 valence electrons. The maximum Gasteiger partial charge on any atom is 0.190 e. The van der Waals surface area contributed by atoms with Crippen LogP contribution in [0.2, 0.25) is 0 Å². The lowest BCUT2D eigenvalue weighted by atomic mass is 10.3. The van der Waals surface area contributed by atoms with Gasteiger partial charge in [-0.15, -0.1) is 16.9 Å². The van der Waals surface area contributed by atoms with E-state index >= 15 is 0 Å². The summed E-state index contributed by atoms with van der Waals surface area (Å²) in [7, 11) is 1.88. The molecule has 0 radical (unpaired) electrons. The van der Waals surface area contributed by atoms with E-state index < -0.39 is 0 Å². The molecule has 5 heterocycles. The van der Waals surface area contributed by atoms with Crippen LogP contribution in [0.4, 0.5) is 11.6 Å². The van der Waals surface area contributed by atoms with E-state index in [1.165, 1.54) is 9.58 Å². The van der Waals surface area contributed by atoms with Gasteiger partial charge in [0.2, 0.25) is 0 Å². The van der Waals surface area contributed by atoms with Crippen molar-refractivity contribution in [2.24, 2.45) is 7.05 Å². The van der Waals surface area contributed by atoms with Gasteiger partial charge in [0.15, 0.2) is 11.6 Å². The van der Waals surface area contributed by atoms with Gasteiger partial charge >= 0.3 is 0 Å². The molecule has 8 nitrogen and oxygen atoms in total. The molecule has 0 aromatic carbocycles. The molecule has 4 aromatic heterocycles. The number of pyridine rings is 1. The Morgan fingerprint density at radius 3 is 3.04 bits per heavy atom. The zero-order valence-corrected chi connectivity index (χ0v) is 14.2. The number of aromatic nitrogens is 5. The molecule has 0 saturated carbocycles. The molecular formula is C16H14N8S. The molecule has 0 saturated heterocycles. The second-order valence-electron chi connectivity index (χ2n) is 5.78. The highest BCUT2D eigenvalue weighted by molar-refractivity contribution is 7.19. The lowest BCUT2D eigenvalue weighted by Crippen LogP contribution is -2.35. The second kappa shape index (κ2) is 5.50. The number of rotatable bonds is 3. The quantitative estimate of drug-likeness (QED) is 0.587. The number of hydrogen-bond acceptors (Lipinski definition) is 8. The minimum atomic E-state index is 0.685. The van der Waals surface area contributed by atoms with Crippen molar-refractivity contribution in [1.82, 2.24) is 30.3 Å². The standard InChI is InChI=1S/C16H14N8S/c1-23-8-11(6-19-23)13-7-18-15-16(20-13)24(22-21-15)9-12-4-10-5-17-3-2-14(10)25-12/h2-8,22H,9H2,1H3,(H,18,21). The van der Waals surface area contributed by atoms with Gasteiger partial charge in [-0.25, -0.2) is 9.97 Å². The van der Waals surface area contributed by atoms with Crippen LogP contribution >= 0.6 is 11.3 Å². The summed E-state index contributed by atoms with van der Waals surface area (Å²) in [6, 6.07) is 4.19. The van der Waals surface area contributed by atoms with Crippen LogP contribution in [-0.2, 0) is 13.6 Å². The van der Waals surface area contributed by atoms with Crippen LogP contribution in [0.1, 0.15) is 4.88 Å². The van der Waals surface area contributed by atoms with E-state index in [1.54, 1.807) is 28.4 Å². The van der Waals surface area contributed by atoms with Crippen LogP contribution < -0.4 is 16.0 Å². The van der Waals surface area contributed by atoms with Crippen molar-refractivity contribution < 1.29 is 0 Å². The molecular weight excluding hydrogens is 336 g/mol. The van der Waals surface area contributed by atoms with Crippen molar-refractivity contribution in [3.05, 3.63) is 48.0 Å². The molecule has 0 fully saturated rings. The number of nitrogens with one attached hydrogen (secondary N) is 2. The van der Waals surface area contributed by atoms with E-state index in [9.17, 15) is 0 Å². The maximum atomic E-state index is 4.75. The Labute approximate surface area is 147 Å². The molecule has 0 amide bonds. The molecule has 1 aliphatic rings. The molecule has 2 N–H and O–H groups in total. The monoisotopic (exact) mass is 350 g/mol. The zero-order chi connectivity index (χ0) is 16.8. The van der Waals surface area contributed by atoms with Crippen LogP contribution in [-0.4, -0.2) is 24.7 Å². The van der Waals surface area contributed by atoms with E-state index in [0.717, 1.165) is 28.3 Å². The van der Waals surface area contributed by atoms with E-state index in [4.69, 9.17) is 4.98 Å². The topological polar surface area (TPSA) is 83.8 Å². The summed E-state index contributed by atoms with van der Waals surface area (Å²) >= 11 is 1.75. The van der Waals surface area contributed by atoms with E-state index in [0.29, 0.717) is 6.54 Å². The molecule has 0 aliphatic carbocycles. The zero-order valence-electron chi connectivity index (χ0n) is 13.3. The average Bonchev–Trinajstić information content (AvgIpc) is 3.33. The predicted molar refractivity (Wildman–Crippen MR) is 96.8 cm³/mol. The van der Waals surface area contributed by atoms with Gasteiger partial charge in [-0.3, -0.25) is 20.1 Å². The van der Waals surface area contributed by atoms with Crippen molar-refractivity contribution in [3.8, 4) is 11.3 Å². The Hall–Kier alpha value is -3.04. The van der Waals surface area contributed by atoms with Crippen molar-refractivity contribution in [2.45, 2.75) is 6.54 Å². The third-order valence-corrected chi connectivity index (χ3v) is 5.10. The van der Waals surface area contributed by atoms with Gasteiger partial charge in [-0.1, -0.05) is 0 Å². The summed E-state index contributed by atoms with van der Waals surface area (Å²) in [6.45, 7) is 0.685. The van der Waals surface area contributed by atoms with Gasteiger partial charge in [0.1, 0.15) is 0 Å². The first kappa shape index (κ1) is 14.3. The first-order valence-corrected chi connectivity index (χ1v) is 8.55. The third kappa shape index (κ3) is 2.49. The summed E-state index contributed by atoms with van der Waals surface area (Å²) in [4.78, 5) is 14.6. The highest BCUT2D eigenvalue weighted by atomic mass is 32.1. The van der Waals surface area contributed by atoms with Crippen molar-refractivity contribution >= 4 is 33.1 Å². The molecule has 4 aromatic rings. The smallest absolute Gasteiger partial charge is 0.190 e. The predicted octanol–water partition coefficient (Wildman–Crippen LogP) is 2.34. The minimum Gasteiger partial charge on any atom is -0.285 e. The molecule has 1 aliphatic heterocycles. The van der Waals surface area contributed by atoms with Gasteiger partial charge in [-0.05, 0) is 12.1 Å². The SMILES string of the molecule is Cn1cc(-c2cnc3c(n2)N(Cc2cc4cnccc4s2)NN3)cn1. The van der Waals surface area contributed by atoms with E-state index in [1.807, 2.05) is 36.7 Å². The summed E-state index contributed by atoms with van der Waals surface area (Å²) in [5, 5.41) is 7.31. The summed E-state index contributed by atoms with van der Waals surface area (Å²) in [5.41, 5.74) is 7.93. The highest BCUT2D eigenvalue weighted by Crippen LogP contribution is 2.31. The Kier molecular flexibility index (Phi) is 3.15. The number of thiophene rings is 1. The molecule has 0 unspecified atom stereocenters.